The summed E-state index contributed by atoms with van der Waals surface area (Å²) >= 11 is 0. The summed E-state index contributed by atoms with van der Waals surface area (Å²) in [6.45, 7) is 1.31. The lowest BCUT2D eigenvalue weighted by atomic mass is 10.3. The van der Waals surface area contributed by atoms with E-state index in [2.05, 4.69) is 15.4 Å². The first kappa shape index (κ1) is 9.57. The van der Waals surface area contributed by atoms with Crippen LogP contribution in [0, 0.1) is 0 Å². The molecule has 0 atom stereocenters. The molecular formula is C8H12N2O3. The van der Waals surface area contributed by atoms with Crippen molar-refractivity contribution >= 4 is 11.9 Å². The number of carbonyl (C=O) groups is 2. The fourth-order valence-corrected chi connectivity index (χ4v) is 0.982. The SMILES string of the molecule is COC(=O)/C=C1\NCCCNC1=O. The number of carbonyl (C=O) groups excluding carboxylic acids is 2. The van der Waals surface area contributed by atoms with Crippen LogP contribution in [0.3, 0.4) is 0 Å². The predicted molar refractivity (Wildman–Crippen MR) is 45.7 cm³/mol. The van der Waals surface area contributed by atoms with Gasteiger partial charge < -0.3 is 15.4 Å². The molecule has 1 fully saturated rings. The summed E-state index contributed by atoms with van der Waals surface area (Å²) in [5.74, 6) is -0.789. The molecule has 1 amide bonds. The molecule has 0 aromatic carbocycles. The van der Waals surface area contributed by atoms with E-state index in [1.54, 1.807) is 0 Å². The smallest absolute Gasteiger partial charge is 0.332 e. The summed E-state index contributed by atoms with van der Waals surface area (Å²) in [6, 6.07) is 0. The van der Waals surface area contributed by atoms with Crippen LogP contribution in [0.15, 0.2) is 11.8 Å². The number of esters is 1. The fourth-order valence-electron chi connectivity index (χ4n) is 0.982. The zero-order chi connectivity index (χ0) is 9.68. The minimum Gasteiger partial charge on any atom is -0.466 e. The lowest BCUT2D eigenvalue weighted by Crippen LogP contribution is -2.28. The van der Waals surface area contributed by atoms with Gasteiger partial charge in [-0.15, -0.1) is 0 Å². The molecule has 1 heterocycles. The molecule has 5 nitrogen and oxygen atoms in total. The van der Waals surface area contributed by atoms with Gasteiger partial charge in [-0.2, -0.15) is 0 Å². The summed E-state index contributed by atoms with van der Waals surface area (Å²) in [5.41, 5.74) is 0.268. The Morgan fingerprint density at radius 3 is 2.85 bits per heavy atom. The van der Waals surface area contributed by atoms with E-state index in [1.165, 1.54) is 7.11 Å². The normalized spacial score (nSPS) is 20.1. The van der Waals surface area contributed by atoms with Crippen molar-refractivity contribution in [1.82, 2.24) is 10.6 Å². The Morgan fingerprint density at radius 1 is 1.46 bits per heavy atom. The van der Waals surface area contributed by atoms with Gasteiger partial charge in [0.25, 0.3) is 5.91 Å². The van der Waals surface area contributed by atoms with Crippen LogP contribution >= 0.6 is 0 Å². The van der Waals surface area contributed by atoms with Crippen molar-refractivity contribution in [2.45, 2.75) is 6.42 Å². The van der Waals surface area contributed by atoms with E-state index in [9.17, 15) is 9.59 Å². The molecule has 72 valence electrons. The van der Waals surface area contributed by atoms with Gasteiger partial charge in [0.2, 0.25) is 0 Å². The minimum absolute atomic E-state index is 0.261. The molecule has 0 bridgehead atoms. The lowest BCUT2D eigenvalue weighted by Gasteiger charge is -2.03. The molecule has 0 aromatic rings. The highest BCUT2D eigenvalue weighted by atomic mass is 16.5. The van der Waals surface area contributed by atoms with Crippen LogP contribution in [0.1, 0.15) is 6.42 Å². The topological polar surface area (TPSA) is 67.4 Å². The summed E-state index contributed by atoms with van der Waals surface area (Å²) in [5, 5.41) is 5.49. The molecule has 13 heavy (non-hydrogen) atoms. The number of rotatable bonds is 1. The van der Waals surface area contributed by atoms with Gasteiger partial charge in [-0.25, -0.2) is 4.79 Å². The van der Waals surface area contributed by atoms with E-state index in [0.717, 1.165) is 12.5 Å². The molecule has 0 spiro atoms. The van der Waals surface area contributed by atoms with Crippen molar-refractivity contribution in [3.8, 4) is 0 Å². The van der Waals surface area contributed by atoms with Crippen molar-refractivity contribution in [3.63, 3.8) is 0 Å². The van der Waals surface area contributed by atoms with Crippen LogP contribution in [-0.4, -0.2) is 32.1 Å². The van der Waals surface area contributed by atoms with Gasteiger partial charge in [-0.3, -0.25) is 4.79 Å². The van der Waals surface area contributed by atoms with Gasteiger partial charge in [0.1, 0.15) is 5.70 Å². The Labute approximate surface area is 76.1 Å². The summed E-state index contributed by atoms with van der Waals surface area (Å²) in [6.07, 6.45) is 2.00. The van der Waals surface area contributed by atoms with Gasteiger partial charge in [0.15, 0.2) is 0 Å². The summed E-state index contributed by atoms with van der Waals surface area (Å²) in [7, 11) is 1.27. The van der Waals surface area contributed by atoms with Gasteiger partial charge in [-0.1, -0.05) is 0 Å². The fraction of sp³-hybridized carbons (Fsp3) is 0.500. The Balaban J connectivity index is 2.69. The van der Waals surface area contributed by atoms with Crippen LogP contribution in [-0.2, 0) is 14.3 Å². The van der Waals surface area contributed by atoms with Gasteiger partial charge in [-0.05, 0) is 6.42 Å². The third-order valence-corrected chi connectivity index (χ3v) is 1.66. The Kier molecular flexibility index (Phi) is 3.31. The molecule has 1 aliphatic rings. The Morgan fingerprint density at radius 2 is 2.15 bits per heavy atom. The molecular weight excluding hydrogens is 172 g/mol. The highest BCUT2D eigenvalue weighted by molar-refractivity contribution is 5.99. The largest absolute Gasteiger partial charge is 0.466 e. The van der Waals surface area contributed by atoms with Crippen molar-refractivity contribution < 1.29 is 14.3 Å². The van der Waals surface area contributed by atoms with Crippen molar-refractivity contribution in [1.29, 1.82) is 0 Å². The Bertz CT molecular complexity index is 248. The highest BCUT2D eigenvalue weighted by Crippen LogP contribution is 1.95. The number of nitrogens with one attached hydrogen (secondary N) is 2. The monoisotopic (exact) mass is 184 g/mol. The van der Waals surface area contributed by atoms with E-state index in [-0.39, 0.29) is 11.6 Å². The van der Waals surface area contributed by atoms with Crippen LogP contribution in [0.4, 0.5) is 0 Å². The second kappa shape index (κ2) is 4.49. The molecule has 0 unspecified atom stereocenters. The van der Waals surface area contributed by atoms with Crippen molar-refractivity contribution in [2.24, 2.45) is 0 Å². The second-order valence-electron chi connectivity index (χ2n) is 2.62. The lowest BCUT2D eigenvalue weighted by molar-refractivity contribution is -0.135. The van der Waals surface area contributed by atoms with E-state index in [0.29, 0.717) is 13.1 Å². The van der Waals surface area contributed by atoms with Gasteiger partial charge in [0.05, 0.1) is 13.2 Å². The predicted octanol–water partition coefficient (Wildman–Crippen LogP) is -0.847. The van der Waals surface area contributed by atoms with Gasteiger partial charge >= 0.3 is 5.97 Å². The molecule has 1 saturated heterocycles. The Hall–Kier alpha value is -1.52. The average Bonchev–Trinajstić information content (AvgIpc) is 2.32. The molecule has 0 aromatic heterocycles. The van der Waals surface area contributed by atoms with E-state index >= 15 is 0 Å². The number of hydrogen-bond acceptors (Lipinski definition) is 4. The molecule has 0 radical (unpaired) electrons. The summed E-state index contributed by atoms with van der Waals surface area (Å²) in [4.78, 5) is 22.0. The second-order valence-corrected chi connectivity index (χ2v) is 2.62. The first-order valence-electron chi connectivity index (χ1n) is 4.06. The molecule has 0 aliphatic carbocycles. The molecule has 0 saturated carbocycles. The van der Waals surface area contributed by atoms with Crippen LogP contribution in [0.2, 0.25) is 0 Å². The first-order chi connectivity index (χ1) is 6.24. The third-order valence-electron chi connectivity index (χ3n) is 1.66. The molecule has 5 heteroatoms. The maximum atomic E-state index is 11.2. The molecule has 1 rings (SSSR count). The van der Waals surface area contributed by atoms with Crippen LogP contribution in [0.25, 0.3) is 0 Å². The van der Waals surface area contributed by atoms with Crippen LogP contribution in [0.5, 0.6) is 0 Å². The van der Waals surface area contributed by atoms with E-state index in [1.807, 2.05) is 0 Å². The van der Waals surface area contributed by atoms with E-state index < -0.39 is 5.97 Å². The van der Waals surface area contributed by atoms with E-state index in [4.69, 9.17) is 0 Å². The zero-order valence-electron chi connectivity index (χ0n) is 7.42. The van der Waals surface area contributed by atoms with Gasteiger partial charge in [0, 0.05) is 13.1 Å². The number of amides is 1. The standard InChI is InChI=1S/C8H12N2O3/c1-13-7(11)5-6-8(12)10-4-2-3-9-6/h5,9H,2-4H2,1H3,(H,10,12)/b6-5-. The van der Waals surface area contributed by atoms with Crippen molar-refractivity contribution in [3.05, 3.63) is 11.8 Å². The molecule has 2 N–H and O–H groups in total. The highest BCUT2D eigenvalue weighted by Gasteiger charge is 2.13. The number of methoxy groups -OCH3 is 1. The maximum absolute atomic E-state index is 11.2. The van der Waals surface area contributed by atoms with Crippen LogP contribution < -0.4 is 10.6 Å². The number of ether oxygens (including phenoxy) is 1. The van der Waals surface area contributed by atoms with Crippen molar-refractivity contribution in [2.75, 3.05) is 20.2 Å². The summed E-state index contributed by atoms with van der Waals surface area (Å²) < 4.78 is 4.41. The average molecular weight is 184 g/mol. The maximum Gasteiger partial charge on any atom is 0.332 e. The minimum atomic E-state index is -0.528. The number of hydrogen-bond donors (Lipinski definition) is 2. The molecule has 1 aliphatic heterocycles. The quantitative estimate of drug-likeness (QED) is 0.411. The zero-order valence-corrected chi connectivity index (χ0v) is 7.42. The third kappa shape index (κ3) is 2.77. The first-order valence-corrected chi connectivity index (χ1v) is 4.06.